The van der Waals surface area contributed by atoms with Crippen LogP contribution in [0.15, 0.2) is 48.5 Å². The van der Waals surface area contributed by atoms with Crippen LogP contribution in [0.3, 0.4) is 0 Å². The van der Waals surface area contributed by atoms with Crippen molar-refractivity contribution in [1.82, 2.24) is 24.9 Å². The van der Waals surface area contributed by atoms with Crippen molar-refractivity contribution in [3.63, 3.8) is 0 Å². The van der Waals surface area contributed by atoms with Crippen LogP contribution in [-0.4, -0.2) is 45.3 Å². The molecule has 3 heterocycles. The van der Waals surface area contributed by atoms with E-state index in [4.69, 9.17) is 38.3 Å². The van der Waals surface area contributed by atoms with Crippen LogP contribution < -0.4 is 10.2 Å². The van der Waals surface area contributed by atoms with Crippen molar-refractivity contribution in [3.05, 3.63) is 64.4 Å². The molecule has 4 aromatic rings. The summed E-state index contributed by atoms with van der Waals surface area (Å²) in [7, 11) is 0. The number of nitrogens with zero attached hydrogens (tertiary/aromatic N) is 5. The molecule has 8 heteroatoms. The van der Waals surface area contributed by atoms with Crippen molar-refractivity contribution in [3.8, 4) is 22.4 Å². The second-order valence-corrected chi connectivity index (χ2v) is 8.52. The van der Waals surface area contributed by atoms with Crippen LogP contribution in [0.1, 0.15) is 12.7 Å². The fraction of sp³-hybridized carbons (Fsp3) is 0.261. The second kappa shape index (κ2) is 8.11. The summed E-state index contributed by atoms with van der Waals surface area (Å²) < 4.78 is 1.85. The highest BCUT2D eigenvalue weighted by Gasteiger charge is 2.31. The van der Waals surface area contributed by atoms with Gasteiger partial charge in [0.25, 0.3) is 0 Å². The second-order valence-electron chi connectivity index (χ2n) is 7.68. The highest BCUT2D eigenvalue weighted by atomic mass is 35.5. The first-order chi connectivity index (χ1) is 15.0. The summed E-state index contributed by atoms with van der Waals surface area (Å²) in [4.78, 5) is 11.7. The third kappa shape index (κ3) is 3.65. The largest absolute Gasteiger partial charge is 0.337 e. The number of rotatable bonds is 5. The number of likely N-dealkylation sites (N-methyl/N-ethyl adjacent to an activating group) is 1. The minimum Gasteiger partial charge on any atom is -0.337 e. The van der Waals surface area contributed by atoms with Crippen molar-refractivity contribution in [1.29, 1.82) is 0 Å². The summed E-state index contributed by atoms with van der Waals surface area (Å²) in [6.07, 6.45) is 0. The molecule has 1 fully saturated rings. The lowest BCUT2D eigenvalue weighted by Crippen LogP contribution is -2.58. The summed E-state index contributed by atoms with van der Waals surface area (Å²) in [5.41, 5.74) is 4.29. The van der Waals surface area contributed by atoms with Crippen LogP contribution in [0, 0.1) is 6.92 Å². The molecule has 6 nitrogen and oxygen atoms in total. The van der Waals surface area contributed by atoms with Crippen molar-refractivity contribution in [2.45, 2.75) is 19.9 Å². The third-order valence-corrected chi connectivity index (χ3v) is 6.08. The maximum Gasteiger partial charge on any atom is 0.230 e. The van der Waals surface area contributed by atoms with E-state index in [0.717, 1.165) is 53.6 Å². The molecular weight excluding hydrogens is 431 g/mol. The highest BCUT2D eigenvalue weighted by molar-refractivity contribution is 6.33. The summed E-state index contributed by atoms with van der Waals surface area (Å²) in [6.45, 7) is 6.76. The Hall–Kier alpha value is -2.67. The van der Waals surface area contributed by atoms with Gasteiger partial charge in [0.05, 0.1) is 10.6 Å². The van der Waals surface area contributed by atoms with Gasteiger partial charge in [0.15, 0.2) is 5.65 Å². The molecule has 158 valence electrons. The van der Waals surface area contributed by atoms with Crippen LogP contribution in [0.5, 0.6) is 0 Å². The molecule has 1 saturated heterocycles. The Labute approximate surface area is 190 Å². The summed E-state index contributed by atoms with van der Waals surface area (Å²) in [5, 5.41) is 9.77. The number of aromatic nitrogens is 4. The number of fused-ring (bicyclic) bond motifs is 1. The number of aryl methyl sites for hydroxylation is 1. The minimum atomic E-state index is 0.463. The first-order valence-corrected chi connectivity index (χ1v) is 11.1. The van der Waals surface area contributed by atoms with Gasteiger partial charge in [-0.05, 0) is 37.2 Å². The monoisotopic (exact) mass is 452 g/mol. The SMILES string of the molecule is CCNC1CN(c2nc(C)nc3c(-c4ccc(Cl)cc4)c(-c4ccccc4Cl)nn23)C1. The molecule has 5 rings (SSSR count). The fourth-order valence-electron chi connectivity index (χ4n) is 4.01. The normalized spacial score (nSPS) is 14.3. The topological polar surface area (TPSA) is 58.3 Å². The van der Waals surface area contributed by atoms with Crippen molar-refractivity contribution < 1.29 is 0 Å². The van der Waals surface area contributed by atoms with Crippen LogP contribution in [0.25, 0.3) is 28.0 Å². The molecule has 0 amide bonds. The van der Waals surface area contributed by atoms with Gasteiger partial charge >= 0.3 is 0 Å². The molecule has 31 heavy (non-hydrogen) atoms. The molecule has 0 bridgehead atoms. The Kier molecular flexibility index (Phi) is 5.30. The van der Waals surface area contributed by atoms with Gasteiger partial charge in [-0.3, -0.25) is 0 Å². The summed E-state index contributed by atoms with van der Waals surface area (Å²) in [6, 6.07) is 15.9. The van der Waals surface area contributed by atoms with E-state index < -0.39 is 0 Å². The molecule has 1 aliphatic heterocycles. The molecule has 1 aliphatic rings. The Morgan fingerprint density at radius 2 is 1.77 bits per heavy atom. The molecule has 2 aromatic heterocycles. The number of nitrogens with one attached hydrogen (secondary N) is 1. The zero-order valence-corrected chi connectivity index (χ0v) is 18.8. The number of anilines is 1. The molecule has 1 N–H and O–H groups in total. The van der Waals surface area contributed by atoms with E-state index in [-0.39, 0.29) is 0 Å². The first-order valence-electron chi connectivity index (χ1n) is 10.3. The zero-order chi connectivity index (χ0) is 21.5. The fourth-order valence-corrected chi connectivity index (χ4v) is 4.36. The van der Waals surface area contributed by atoms with Crippen LogP contribution in [0.2, 0.25) is 10.0 Å². The van der Waals surface area contributed by atoms with Crippen molar-refractivity contribution >= 4 is 34.8 Å². The lowest BCUT2D eigenvalue weighted by molar-refractivity contribution is 0.420. The van der Waals surface area contributed by atoms with Gasteiger partial charge in [-0.2, -0.15) is 14.6 Å². The average Bonchev–Trinajstić information content (AvgIpc) is 3.10. The first kappa shape index (κ1) is 20.2. The standard InChI is InChI=1S/C23H22Cl2N6/c1-3-26-17-12-30(13-17)23-28-14(2)27-22-20(15-8-10-16(24)11-9-15)21(29-31(22)23)18-6-4-5-7-19(18)25/h4-11,17,26H,3,12-13H2,1-2H3. The van der Waals surface area contributed by atoms with E-state index in [1.807, 2.05) is 60.0 Å². The van der Waals surface area contributed by atoms with Gasteiger partial charge < -0.3 is 10.2 Å². The van der Waals surface area contributed by atoms with E-state index in [2.05, 4.69) is 17.1 Å². The number of benzene rings is 2. The summed E-state index contributed by atoms with van der Waals surface area (Å²) in [5.74, 6) is 1.50. The van der Waals surface area contributed by atoms with Crippen molar-refractivity contribution in [2.75, 3.05) is 24.5 Å². The molecule has 0 unspecified atom stereocenters. The van der Waals surface area contributed by atoms with Crippen molar-refractivity contribution in [2.24, 2.45) is 0 Å². The van der Waals surface area contributed by atoms with Gasteiger partial charge in [0.2, 0.25) is 5.95 Å². The maximum atomic E-state index is 6.57. The average molecular weight is 453 g/mol. The zero-order valence-electron chi connectivity index (χ0n) is 17.3. The van der Waals surface area contributed by atoms with E-state index in [9.17, 15) is 0 Å². The molecule has 0 aliphatic carbocycles. The Bertz CT molecular complexity index is 1250. The van der Waals surface area contributed by atoms with Gasteiger partial charge in [-0.15, -0.1) is 0 Å². The van der Waals surface area contributed by atoms with E-state index in [1.165, 1.54) is 0 Å². The van der Waals surface area contributed by atoms with E-state index >= 15 is 0 Å². The lowest BCUT2D eigenvalue weighted by atomic mass is 10.0. The molecule has 0 spiro atoms. The van der Waals surface area contributed by atoms with E-state index in [0.29, 0.717) is 21.9 Å². The highest BCUT2D eigenvalue weighted by Crippen LogP contribution is 2.39. The molecule has 2 aromatic carbocycles. The Morgan fingerprint density at radius 1 is 1.03 bits per heavy atom. The Morgan fingerprint density at radius 3 is 2.48 bits per heavy atom. The van der Waals surface area contributed by atoms with Crippen LogP contribution in [-0.2, 0) is 0 Å². The van der Waals surface area contributed by atoms with Crippen LogP contribution >= 0.6 is 23.2 Å². The predicted octanol–water partition coefficient (Wildman–Crippen LogP) is 4.87. The predicted molar refractivity (Wildman–Crippen MR) is 126 cm³/mol. The quantitative estimate of drug-likeness (QED) is 0.467. The molecule has 0 atom stereocenters. The smallest absolute Gasteiger partial charge is 0.230 e. The minimum absolute atomic E-state index is 0.463. The molecule has 0 radical (unpaired) electrons. The van der Waals surface area contributed by atoms with Gasteiger partial charge in [-0.1, -0.05) is 60.5 Å². The maximum absolute atomic E-state index is 6.57. The summed E-state index contributed by atoms with van der Waals surface area (Å²) >= 11 is 12.7. The number of hydrogen-bond acceptors (Lipinski definition) is 5. The lowest BCUT2D eigenvalue weighted by Gasteiger charge is -2.40. The van der Waals surface area contributed by atoms with Gasteiger partial charge in [0.1, 0.15) is 11.5 Å². The van der Waals surface area contributed by atoms with E-state index in [1.54, 1.807) is 0 Å². The number of halogens is 2. The Balaban J connectivity index is 1.74. The van der Waals surface area contributed by atoms with Gasteiger partial charge in [-0.25, -0.2) is 4.98 Å². The molecule has 0 saturated carbocycles. The van der Waals surface area contributed by atoms with Gasteiger partial charge in [0, 0.05) is 29.7 Å². The van der Waals surface area contributed by atoms with Crippen LogP contribution in [0.4, 0.5) is 5.95 Å². The molecular formula is C23H22Cl2N6. The number of hydrogen-bond donors (Lipinski definition) is 1. The third-order valence-electron chi connectivity index (χ3n) is 5.50.